The lowest BCUT2D eigenvalue weighted by Gasteiger charge is -2.30. The van der Waals surface area contributed by atoms with E-state index in [4.69, 9.17) is 4.74 Å². The number of ether oxygens (including phenoxy) is 1. The summed E-state index contributed by atoms with van der Waals surface area (Å²) in [7, 11) is 1.76. The molecule has 0 spiro atoms. The summed E-state index contributed by atoms with van der Waals surface area (Å²) in [6.45, 7) is 8.39. The normalized spacial score (nSPS) is 19.2. The van der Waals surface area contributed by atoms with Gasteiger partial charge in [0, 0.05) is 32.3 Å². The summed E-state index contributed by atoms with van der Waals surface area (Å²) in [4.78, 5) is 2.52. The summed E-state index contributed by atoms with van der Waals surface area (Å²) in [5, 5.41) is 12.6. The van der Waals surface area contributed by atoms with Crippen molar-refractivity contribution in [3.63, 3.8) is 0 Å². The minimum atomic E-state index is 0.226. The Labute approximate surface area is 112 Å². The Morgan fingerprint density at radius 2 is 2.11 bits per heavy atom. The van der Waals surface area contributed by atoms with Crippen molar-refractivity contribution in [1.29, 1.82) is 0 Å². The van der Waals surface area contributed by atoms with Crippen molar-refractivity contribution < 1.29 is 9.84 Å². The molecule has 2 atom stereocenters. The number of likely N-dealkylation sites (N-methyl/N-ethyl adjacent to an activating group) is 1. The van der Waals surface area contributed by atoms with E-state index in [0.717, 1.165) is 38.6 Å². The minimum Gasteiger partial charge on any atom is -0.395 e. The summed E-state index contributed by atoms with van der Waals surface area (Å²) in [6, 6.07) is 0.882. The van der Waals surface area contributed by atoms with Gasteiger partial charge in [0.15, 0.2) is 0 Å². The predicted molar refractivity (Wildman–Crippen MR) is 74.8 cm³/mol. The van der Waals surface area contributed by atoms with Crippen molar-refractivity contribution in [3.8, 4) is 0 Å². The second-order valence-corrected chi connectivity index (χ2v) is 5.33. The van der Waals surface area contributed by atoms with Crippen molar-refractivity contribution in [2.24, 2.45) is 5.92 Å². The maximum absolute atomic E-state index is 9.30. The molecule has 0 aromatic carbocycles. The van der Waals surface area contributed by atoms with Gasteiger partial charge < -0.3 is 15.2 Å². The highest BCUT2D eigenvalue weighted by atomic mass is 16.5. The molecule has 2 unspecified atom stereocenters. The average Bonchev–Trinajstić information content (AvgIpc) is 3.21. The SMILES string of the molecule is CCNC(CO)CCN(CCOC)C(C)C1CC1. The zero-order valence-corrected chi connectivity index (χ0v) is 12.2. The zero-order valence-electron chi connectivity index (χ0n) is 12.2. The van der Waals surface area contributed by atoms with Gasteiger partial charge in [0.25, 0.3) is 0 Å². The van der Waals surface area contributed by atoms with E-state index in [-0.39, 0.29) is 12.6 Å². The first-order valence-corrected chi connectivity index (χ1v) is 7.30. The van der Waals surface area contributed by atoms with E-state index in [2.05, 4.69) is 24.1 Å². The van der Waals surface area contributed by atoms with Crippen LogP contribution in [0.25, 0.3) is 0 Å². The zero-order chi connectivity index (χ0) is 13.4. The number of aliphatic hydroxyl groups is 1. The van der Waals surface area contributed by atoms with E-state index in [9.17, 15) is 5.11 Å². The molecule has 1 rings (SSSR count). The van der Waals surface area contributed by atoms with Crippen molar-refractivity contribution in [2.45, 2.75) is 45.2 Å². The monoisotopic (exact) mass is 258 g/mol. The number of hydrogen-bond donors (Lipinski definition) is 2. The first-order chi connectivity index (χ1) is 8.72. The molecule has 18 heavy (non-hydrogen) atoms. The van der Waals surface area contributed by atoms with Crippen molar-refractivity contribution in [2.75, 3.05) is 40.0 Å². The van der Waals surface area contributed by atoms with Crippen molar-refractivity contribution in [1.82, 2.24) is 10.2 Å². The molecule has 0 amide bonds. The minimum absolute atomic E-state index is 0.226. The molecule has 0 radical (unpaired) electrons. The maximum atomic E-state index is 9.30. The van der Waals surface area contributed by atoms with Crippen LogP contribution < -0.4 is 5.32 Å². The van der Waals surface area contributed by atoms with Crippen LogP contribution in [0.15, 0.2) is 0 Å². The van der Waals surface area contributed by atoms with Crippen LogP contribution in [0.2, 0.25) is 0 Å². The topological polar surface area (TPSA) is 44.7 Å². The molecule has 2 N–H and O–H groups in total. The molecule has 1 aliphatic rings. The Kier molecular flexibility index (Phi) is 7.82. The van der Waals surface area contributed by atoms with Gasteiger partial charge in [-0.15, -0.1) is 0 Å². The summed E-state index contributed by atoms with van der Waals surface area (Å²) < 4.78 is 5.20. The van der Waals surface area contributed by atoms with E-state index >= 15 is 0 Å². The highest BCUT2D eigenvalue weighted by molar-refractivity contribution is 4.85. The molecule has 108 valence electrons. The lowest BCUT2D eigenvalue weighted by atomic mass is 10.1. The Morgan fingerprint density at radius 1 is 1.39 bits per heavy atom. The number of nitrogens with one attached hydrogen (secondary N) is 1. The fourth-order valence-corrected chi connectivity index (χ4v) is 2.47. The molecule has 0 saturated heterocycles. The first-order valence-electron chi connectivity index (χ1n) is 7.30. The fraction of sp³-hybridized carbons (Fsp3) is 1.00. The molecule has 1 aliphatic carbocycles. The van der Waals surface area contributed by atoms with Crippen molar-refractivity contribution in [3.05, 3.63) is 0 Å². The standard InChI is InChI=1S/C14H30N2O2/c1-4-15-14(11-17)7-8-16(9-10-18-3)12(2)13-5-6-13/h12-15,17H,4-11H2,1-3H3. The summed E-state index contributed by atoms with van der Waals surface area (Å²) in [5.74, 6) is 0.883. The van der Waals surface area contributed by atoms with Crippen LogP contribution in [0, 0.1) is 5.92 Å². The van der Waals surface area contributed by atoms with Gasteiger partial charge >= 0.3 is 0 Å². The highest BCUT2D eigenvalue weighted by Crippen LogP contribution is 2.35. The number of rotatable bonds is 11. The van der Waals surface area contributed by atoms with Crippen LogP contribution in [0.3, 0.4) is 0 Å². The van der Waals surface area contributed by atoms with Crippen molar-refractivity contribution >= 4 is 0 Å². The van der Waals surface area contributed by atoms with Gasteiger partial charge in [-0.25, -0.2) is 0 Å². The molecule has 0 aliphatic heterocycles. The third-order valence-electron chi connectivity index (χ3n) is 3.94. The predicted octanol–water partition coefficient (Wildman–Crippen LogP) is 1.09. The van der Waals surface area contributed by atoms with Crippen LogP contribution in [0.1, 0.15) is 33.1 Å². The Morgan fingerprint density at radius 3 is 2.61 bits per heavy atom. The number of nitrogens with zero attached hydrogens (tertiary/aromatic N) is 1. The third kappa shape index (κ3) is 5.65. The highest BCUT2D eigenvalue weighted by Gasteiger charge is 2.31. The van der Waals surface area contributed by atoms with E-state index in [1.54, 1.807) is 7.11 Å². The lowest BCUT2D eigenvalue weighted by Crippen LogP contribution is -2.42. The first kappa shape index (κ1) is 15.9. The maximum Gasteiger partial charge on any atom is 0.0589 e. The van der Waals surface area contributed by atoms with Gasteiger partial charge in [-0.1, -0.05) is 6.92 Å². The molecule has 1 saturated carbocycles. The quantitative estimate of drug-likeness (QED) is 0.582. The smallest absolute Gasteiger partial charge is 0.0589 e. The number of aliphatic hydroxyl groups excluding tert-OH is 1. The lowest BCUT2D eigenvalue weighted by molar-refractivity contribution is 0.109. The Bertz CT molecular complexity index is 210. The van der Waals surface area contributed by atoms with Gasteiger partial charge in [0.1, 0.15) is 0 Å². The largest absolute Gasteiger partial charge is 0.395 e. The van der Waals surface area contributed by atoms with Crippen LogP contribution >= 0.6 is 0 Å². The van der Waals surface area contributed by atoms with E-state index in [1.165, 1.54) is 12.8 Å². The molecule has 0 aromatic rings. The number of hydrogen-bond acceptors (Lipinski definition) is 4. The third-order valence-corrected chi connectivity index (χ3v) is 3.94. The van der Waals surface area contributed by atoms with E-state index in [1.807, 2.05) is 0 Å². The van der Waals surface area contributed by atoms with Crippen LogP contribution in [-0.4, -0.2) is 62.0 Å². The Hall–Kier alpha value is -0.160. The molecular weight excluding hydrogens is 228 g/mol. The number of methoxy groups -OCH3 is 1. The summed E-state index contributed by atoms with van der Waals surface area (Å²) in [6.07, 6.45) is 3.76. The second kappa shape index (κ2) is 8.86. The van der Waals surface area contributed by atoms with Gasteiger partial charge in [-0.2, -0.15) is 0 Å². The second-order valence-electron chi connectivity index (χ2n) is 5.33. The molecule has 4 heteroatoms. The summed E-state index contributed by atoms with van der Waals surface area (Å²) in [5.41, 5.74) is 0. The van der Waals surface area contributed by atoms with Gasteiger partial charge in [-0.05, 0) is 38.6 Å². The van der Waals surface area contributed by atoms with E-state index in [0.29, 0.717) is 6.04 Å². The van der Waals surface area contributed by atoms with Crippen LogP contribution in [0.4, 0.5) is 0 Å². The van der Waals surface area contributed by atoms with Crippen LogP contribution in [-0.2, 0) is 4.74 Å². The molecule has 0 aromatic heterocycles. The Balaban J connectivity index is 2.33. The molecule has 4 nitrogen and oxygen atoms in total. The molecule has 0 heterocycles. The van der Waals surface area contributed by atoms with E-state index < -0.39 is 0 Å². The van der Waals surface area contributed by atoms with Crippen LogP contribution in [0.5, 0.6) is 0 Å². The van der Waals surface area contributed by atoms with Gasteiger partial charge in [0.2, 0.25) is 0 Å². The van der Waals surface area contributed by atoms with Gasteiger partial charge in [-0.3, -0.25) is 4.90 Å². The van der Waals surface area contributed by atoms with Gasteiger partial charge in [0.05, 0.1) is 13.2 Å². The average molecular weight is 258 g/mol. The molecular formula is C14H30N2O2. The molecule has 0 bridgehead atoms. The summed E-state index contributed by atoms with van der Waals surface area (Å²) >= 11 is 0. The fourth-order valence-electron chi connectivity index (χ4n) is 2.47. The molecule has 1 fully saturated rings.